The third kappa shape index (κ3) is 3.21. The average Bonchev–Trinajstić information content (AvgIpc) is 2.64. The molecule has 26 heavy (non-hydrogen) atoms. The highest BCUT2D eigenvalue weighted by Gasteiger charge is 2.31. The van der Waals surface area contributed by atoms with Crippen LogP contribution in [-0.2, 0) is 0 Å². The Hall–Kier alpha value is -2.35. The van der Waals surface area contributed by atoms with Crippen molar-refractivity contribution in [3.05, 3.63) is 69.0 Å². The Morgan fingerprint density at radius 3 is 2.46 bits per heavy atom. The fourth-order valence-electron chi connectivity index (χ4n) is 3.26. The average molecular weight is 388 g/mol. The summed E-state index contributed by atoms with van der Waals surface area (Å²) in [7, 11) is 0. The van der Waals surface area contributed by atoms with E-state index in [-0.39, 0.29) is 11.8 Å². The van der Waals surface area contributed by atoms with E-state index in [9.17, 15) is 5.26 Å². The molecule has 0 saturated carbocycles. The van der Waals surface area contributed by atoms with E-state index < -0.39 is 0 Å². The first kappa shape index (κ1) is 18.4. The zero-order chi connectivity index (χ0) is 18.8. The van der Waals surface area contributed by atoms with Gasteiger partial charge in [0.05, 0.1) is 16.0 Å². The molecule has 1 atom stereocenters. The van der Waals surface area contributed by atoms with Crippen LogP contribution in [0.25, 0.3) is 0 Å². The molecular formula is C20H19Cl2N3O. The molecule has 0 amide bonds. The van der Waals surface area contributed by atoms with Crippen LogP contribution < -0.4 is 15.4 Å². The Kier molecular flexibility index (Phi) is 5.31. The van der Waals surface area contributed by atoms with Gasteiger partial charge in [-0.15, -0.1) is 0 Å². The molecule has 2 aromatic rings. The van der Waals surface area contributed by atoms with E-state index in [4.69, 9.17) is 33.7 Å². The number of hydrogen-bond acceptors (Lipinski definition) is 4. The number of hydrogen-bond donors (Lipinski definition) is 1. The highest BCUT2D eigenvalue weighted by atomic mass is 35.5. The lowest BCUT2D eigenvalue weighted by Gasteiger charge is -2.29. The fraction of sp³-hybridized carbons (Fsp3) is 0.250. The fourth-order valence-corrected chi connectivity index (χ4v) is 3.57. The van der Waals surface area contributed by atoms with E-state index in [0.29, 0.717) is 21.4 Å². The Balaban J connectivity index is 2.15. The van der Waals surface area contributed by atoms with Gasteiger partial charge in [-0.05, 0) is 37.6 Å². The zero-order valence-electron chi connectivity index (χ0n) is 14.6. The molecule has 0 aliphatic carbocycles. The number of rotatable bonds is 4. The molecular weight excluding hydrogens is 369 g/mol. The van der Waals surface area contributed by atoms with Gasteiger partial charge in [0.1, 0.15) is 17.4 Å². The van der Waals surface area contributed by atoms with Crippen molar-refractivity contribution in [3.8, 4) is 11.8 Å². The molecule has 0 bridgehead atoms. The van der Waals surface area contributed by atoms with E-state index in [1.165, 1.54) is 0 Å². The van der Waals surface area contributed by atoms with Gasteiger partial charge in [0.2, 0.25) is 5.88 Å². The monoisotopic (exact) mass is 387 g/mol. The van der Waals surface area contributed by atoms with Gasteiger partial charge in [0.25, 0.3) is 0 Å². The lowest BCUT2D eigenvalue weighted by Crippen LogP contribution is -2.24. The first-order chi connectivity index (χ1) is 12.5. The Morgan fingerprint density at radius 2 is 1.85 bits per heavy atom. The van der Waals surface area contributed by atoms with Crippen LogP contribution >= 0.6 is 23.2 Å². The zero-order valence-corrected chi connectivity index (χ0v) is 16.1. The second-order valence-electron chi connectivity index (χ2n) is 5.99. The standard InChI is InChI=1S/C20H19Cl2N3O/c1-3-25(4-2)13-6-7-14-18(10-13)26-20(24)15(11-23)19(14)12-5-8-16(21)17(22)9-12/h5-10,19H,3-4,24H2,1-2H3/t19-/m0/s1. The van der Waals surface area contributed by atoms with Crippen molar-refractivity contribution in [2.75, 3.05) is 18.0 Å². The van der Waals surface area contributed by atoms with Crippen molar-refractivity contribution in [1.29, 1.82) is 5.26 Å². The molecule has 0 saturated heterocycles. The number of fused-ring (bicyclic) bond motifs is 1. The number of benzene rings is 2. The number of anilines is 1. The second-order valence-corrected chi connectivity index (χ2v) is 6.81. The normalized spacial score (nSPS) is 15.9. The molecule has 1 aliphatic heterocycles. The summed E-state index contributed by atoms with van der Waals surface area (Å²) in [6.45, 7) is 5.98. The summed E-state index contributed by atoms with van der Waals surface area (Å²) in [5, 5.41) is 10.5. The van der Waals surface area contributed by atoms with E-state index >= 15 is 0 Å². The van der Waals surface area contributed by atoms with Gasteiger partial charge in [0.15, 0.2) is 0 Å². The lowest BCUT2D eigenvalue weighted by atomic mass is 9.83. The Bertz CT molecular complexity index is 914. The minimum absolute atomic E-state index is 0.118. The van der Waals surface area contributed by atoms with Crippen LogP contribution in [0.2, 0.25) is 10.0 Å². The Labute approximate surface area is 163 Å². The quantitative estimate of drug-likeness (QED) is 0.796. The van der Waals surface area contributed by atoms with E-state index in [1.807, 2.05) is 24.3 Å². The molecule has 0 unspecified atom stereocenters. The molecule has 0 spiro atoms. The minimum Gasteiger partial charge on any atom is -0.440 e. The van der Waals surface area contributed by atoms with Gasteiger partial charge in [-0.1, -0.05) is 35.3 Å². The van der Waals surface area contributed by atoms with Crippen molar-refractivity contribution < 1.29 is 4.74 Å². The third-order valence-electron chi connectivity index (χ3n) is 4.61. The topological polar surface area (TPSA) is 62.3 Å². The summed E-state index contributed by atoms with van der Waals surface area (Å²) in [5.41, 5.74) is 9.20. The maximum atomic E-state index is 9.63. The van der Waals surface area contributed by atoms with Crippen LogP contribution in [0.3, 0.4) is 0 Å². The molecule has 1 aliphatic rings. The summed E-state index contributed by atoms with van der Waals surface area (Å²) in [5.74, 6) is 0.430. The summed E-state index contributed by atoms with van der Waals surface area (Å²) < 4.78 is 5.77. The van der Waals surface area contributed by atoms with Gasteiger partial charge >= 0.3 is 0 Å². The molecule has 4 nitrogen and oxygen atoms in total. The van der Waals surface area contributed by atoms with Gasteiger partial charge in [-0.25, -0.2) is 0 Å². The maximum Gasteiger partial charge on any atom is 0.205 e. The molecule has 0 aromatic heterocycles. The number of halogens is 2. The predicted molar refractivity (Wildman–Crippen MR) is 106 cm³/mol. The third-order valence-corrected chi connectivity index (χ3v) is 5.35. The first-order valence-corrected chi connectivity index (χ1v) is 9.17. The van der Waals surface area contributed by atoms with Crippen molar-refractivity contribution in [2.45, 2.75) is 19.8 Å². The summed E-state index contributed by atoms with van der Waals surface area (Å²) in [6, 6.07) is 13.5. The largest absolute Gasteiger partial charge is 0.440 e. The van der Waals surface area contributed by atoms with E-state index in [0.717, 1.165) is 29.9 Å². The Morgan fingerprint density at radius 1 is 1.12 bits per heavy atom. The molecule has 3 rings (SSSR count). The van der Waals surface area contributed by atoms with Crippen LogP contribution in [-0.4, -0.2) is 13.1 Å². The van der Waals surface area contributed by atoms with E-state index in [1.54, 1.807) is 12.1 Å². The number of allylic oxidation sites excluding steroid dienone is 1. The van der Waals surface area contributed by atoms with Gasteiger partial charge in [0, 0.05) is 30.4 Å². The van der Waals surface area contributed by atoms with Crippen LogP contribution in [0.4, 0.5) is 5.69 Å². The van der Waals surface area contributed by atoms with Gasteiger partial charge in [-0.3, -0.25) is 0 Å². The van der Waals surface area contributed by atoms with Crippen molar-refractivity contribution in [3.63, 3.8) is 0 Å². The molecule has 6 heteroatoms. The molecule has 2 N–H and O–H groups in total. The van der Waals surface area contributed by atoms with Crippen molar-refractivity contribution in [2.24, 2.45) is 5.73 Å². The molecule has 0 fully saturated rings. The SMILES string of the molecule is CCN(CC)c1ccc2c(c1)OC(N)=C(C#N)[C@H]2c1ccc(Cl)c(Cl)c1. The molecule has 2 aromatic carbocycles. The van der Waals surface area contributed by atoms with Crippen LogP contribution in [0.15, 0.2) is 47.9 Å². The lowest BCUT2D eigenvalue weighted by molar-refractivity contribution is 0.393. The maximum absolute atomic E-state index is 9.63. The first-order valence-electron chi connectivity index (χ1n) is 8.41. The number of nitrogens with two attached hydrogens (primary N) is 1. The number of nitriles is 1. The van der Waals surface area contributed by atoms with Gasteiger partial charge < -0.3 is 15.4 Å². The number of ether oxygens (including phenoxy) is 1. The summed E-state index contributed by atoms with van der Waals surface area (Å²) in [6.07, 6.45) is 0. The van der Waals surface area contributed by atoms with Crippen molar-refractivity contribution in [1.82, 2.24) is 0 Å². The van der Waals surface area contributed by atoms with Crippen LogP contribution in [0.1, 0.15) is 30.9 Å². The smallest absolute Gasteiger partial charge is 0.205 e. The molecule has 134 valence electrons. The highest BCUT2D eigenvalue weighted by Crippen LogP contribution is 2.44. The van der Waals surface area contributed by atoms with Crippen molar-refractivity contribution >= 4 is 28.9 Å². The molecule has 1 heterocycles. The second kappa shape index (κ2) is 7.49. The summed E-state index contributed by atoms with van der Waals surface area (Å²) in [4.78, 5) is 2.22. The predicted octanol–water partition coefficient (Wildman–Crippen LogP) is 5.06. The summed E-state index contributed by atoms with van der Waals surface area (Å²) >= 11 is 12.2. The van der Waals surface area contributed by atoms with Gasteiger partial charge in [-0.2, -0.15) is 5.26 Å². The minimum atomic E-state index is -0.343. The molecule has 0 radical (unpaired) electrons. The highest BCUT2D eigenvalue weighted by molar-refractivity contribution is 6.42. The van der Waals surface area contributed by atoms with E-state index in [2.05, 4.69) is 24.8 Å². The number of nitrogens with zero attached hydrogens (tertiary/aromatic N) is 2. The van der Waals surface area contributed by atoms with Crippen LogP contribution in [0, 0.1) is 11.3 Å². The van der Waals surface area contributed by atoms with Crippen LogP contribution in [0.5, 0.6) is 5.75 Å².